The Kier molecular flexibility index (Phi) is 5.22. The average Bonchev–Trinajstić information content (AvgIpc) is 2.64. The Balaban J connectivity index is 2.26. The maximum absolute atomic E-state index is 12.9. The number of nitrogens with zero attached hydrogens (tertiary/aromatic N) is 3. The van der Waals surface area contributed by atoms with Crippen molar-refractivity contribution in [2.24, 2.45) is 11.4 Å². The van der Waals surface area contributed by atoms with E-state index in [0.717, 1.165) is 11.1 Å². The van der Waals surface area contributed by atoms with Crippen molar-refractivity contribution in [3.63, 3.8) is 0 Å². The molecule has 0 aliphatic carbocycles. The van der Waals surface area contributed by atoms with Crippen LogP contribution in [0.4, 0.5) is 0 Å². The lowest BCUT2D eigenvalue weighted by molar-refractivity contribution is 0.561. The van der Waals surface area contributed by atoms with Gasteiger partial charge in [-0.1, -0.05) is 46.9 Å². The first-order valence-electron chi connectivity index (χ1n) is 8.73. The Bertz CT molecular complexity index is 1070. The Morgan fingerprint density at radius 2 is 1.78 bits per heavy atom. The molecule has 1 heterocycles. The lowest BCUT2D eigenvalue weighted by Gasteiger charge is -2.19. The van der Waals surface area contributed by atoms with Gasteiger partial charge in [0.1, 0.15) is 21.9 Å². The van der Waals surface area contributed by atoms with Crippen molar-refractivity contribution in [3.8, 4) is 11.4 Å². The molecule has 1 aromatic heterocycles. The van der Waals surface area contributed by atoms with E-state index in [1.54, 1.807) is 24.6 Å². The van der Waals surface area contributed by atoms with Crippen LogP contribution in [0, 0.1) is 0 Å². The summed E-state index contributed by atoms with van der Waals surface area (Å²) in [5, 5.41) is 0.519. The molecule has 3 rings (SSSR count). The van der Waals surface area contributed by atoms with Crippen LogP contribution in [0.25, 0.3) is 22.3 Å². The molecule has 0 saturated heterocycles. The molecule has 0 fully saturated rings. The van der Waals surface area contributed by atoms with Gasteiger partial charge in [-0.05, 0) is 33.8 Å². The molecule has 0 unspecified atom stereocenters. The number of rotatable bonds is 3. The summed E-state index contributed by atoms with van der Waals surface area (Å²) in [4.78, 5) is 17.7. The van der Waals surface area contributed by atoms with E-state index in [1.807, 2.05) is 63.2 Å². The van der Waals surface area contributed by atoms with E-state index in [4.69, 9.17) is 4.98 Å². The zero-order chi connectivity index (χ0) is 19.8. The minimum Gasteiger partial charge on any atom is -0.591 e. The second-order valence-electron chi connectivity index (χ2n) is 7.41. The van der Waals surface area contributed by atoms with Gasteiger partial charge in [0.25, 0.3) is 5.56 Å². The number of fused-ring (bicyclic) bond motifs is 1. The quantitative estimate of drug-likeness (QED) is 0.511. The highest BCUT2D eigenvalue weighted by atomic mass is 32.2. The average molecular weight is 382 g/mol. The first kappa shape index (κ1) is 19.3. The van der Waals surface area contributed by atoms with Crippen LogP contribution in [-0.4, -0.2) is 24.6 Å². The van der Waals surface area contributed by atoms with Gasteiger partial charge in [0.05, 0.1) is 16.6 Å². The third kappa shape index (κ3) is 3.82. The van der Waals surface area contributed by atoms with Crippen molar-refractivity contribution in [1.29, 1.82) is 0 Å². The molecule has 0 N–H and O–H groups in total. The van der Waals surface area contributed by atoms with Gasteiger partial charge in [0.15, 0.2) is 0 Å². The maximum Gasteiger partial charge on any atom is 0.261 e. The van der Waals surface area contributed by atoms with Crippen LogP contribution in [0.5, 0.6) is 0 Å². The molecule has 0 amide bonds. The molecular weight excluding hydrogens is 358 g/mol. The Hall–Kier alpha value is -2.44. The summed E-state index contributed by atoms with van der Waals surface area (Å²) in [5.41, 5.74) is 2.65. The molecule has 0 bridgehead atoms. The first-order chi connectivity index (χ1) is 12.7. The predicted octanol–water partition coefficient (Wildman–Crippen LogP) is 3.87. The van der Waals surface area contributed by atoms with Gasteiger partial charge >= 0.3 is 0 Å². The van der Waals surface area contributed by atoms with Crippen molar-refractivity contribution in [2.75, 3.05) is 0 Å². The van der Waals surface area contributed by atoms with Crippen LogP contribution >= 0.6 is 0 Å². The molecular formula is C21H23N3O2S. The van der Waals surface area contributed by atoms with Gasteiger partial charge in [0, 0.05) is 18.2 Å². The van der Waals surface area contributed by atoms with Gasteiger partial charge < -0.3 is 4.55 Å². The standard InChI is InChI=1S/C21H23N3O2S/c1-14(23-27(26)21(2,3)4)16-12-9-13-17-18(16)22-19(24(5)20(17)25)15-10-7-6-8-11-15/h6-13H,1-5H3/b23-14-/t27-/m1/s1. The molecule has 0 spiro atoms. The summed E-state index contributed by atoms with van der Waals surface area (Å²) in [5.74, 6) is 0.588. The van der Waals surface area contributed by atoms with Crippen molar-refractivity contribution < 1.29 is 4.55 Å². The number of benzene rings is 2. The molecule has 1 atom stereocenters. The number of hydrogen-bond acceptors (Lipinski definition) is 4. The number of para-hydroxylation sites is 1. The van der Waals surface area contributed by atoms with E-state index in [0.29, 0.717) is 22.4 Å². The lowest BCUT2D eigenvalue weighted by atomic mass is 10.1. The van der Waals surface area contributed by atoms with Gasteiger partial charge in [-0.25, -0.2) is 4.98 Å². The van der Waals surface area contributed by atoms with E-state index in [2.05, 4.69) is 4.40 Å². The molecule has 2 aromatic carbocycles. The molecule has 0 saturated carbocycles. The van der Waals surface area contributed by atoms with Crippen LogP contribution in [-0.2, 0) is 18.4 Å². The second kappa shape index (κ2) is 7.29. The normalized spacial score (nSPS) is 13.8. The van der Waals surface area contributed by atoms with E-state index in [1.165, 1.54) is 0 Å². The first-order valence-corrected chi connectivity index (χ1v) is 9.83. The minimum absolute atomic E-state index is 0.120. The summed E-state index contributed by atoms with van der Waals surface area (Å²) in [6.45, 7) is 7.44. The van der Waals surface area contributed by atoms with Crippen LogP contribution in [0.1, 0.15) is 33.3 Å². The highest BCUT2D eigenvalue weighted by molar-refractivity contribution is 7.91. The summed E-state index contributed by atoms with van der Waals surface area (Å²) in [6.07, 6.45) is 0. The molecule has 0 aliphatic heterocycles. The fraction of sp³-hybridized carbons (Fsp3) is 0.286. The topological polar surface area (TPSA) is 70.3 Å². The molecule has 6 heteroatoms. The van der Waals surface area contributed by atoms with Crippen molar-refractivity contribution in [2.45, 2.75) is 32.4 Å². The van der Waals surface area contributed by atoms with Crippen LogP contribution < -0.4 is 5.56 Å². The second-order valence-corrected chi connectivity index (χ2v) is 9.31. The van der Waals surface area contributed by atoms with Crippen molar-refractivity contribution in [3.05, 3.63) is 64.4 Å². The Labute approximate surface area is 162 Å². The molecule has 0 aliphatic rings. The van der Waals surface area contributed by atoms with E-state index in [-0.39, 0.29) is 5.56 Å². The summed E-state index contributed by atoms with van der Waals surface area (Å²) < 4.78 is 17.9. The van der Waals surface area contributed by atoms with Gasteiger partial charge in [-0.15, -0.1) is 0 Å². The molecule has 3 aromatic rings. The predicted molar refractivity (Wildman–Crippen MR) is 113 cm³/mol. The number of hydrogen-bond donors (Lipinski definition) is 0. The number of aromatic nitrogens is 2. The van der Waals surface area contributed by atoms with E-state index < -0.39 is 16.1 Å². The van der Waals surface area contributed by atoms with Gasteiger partial charge in [-0.2, -0.15) is 0 Å². The minimum atomic E-state index is -1.39. The zero-order valence-corrected chi connectivity index (χ0v) is 17.0. The van der Waals surface area contributed by atoms with Crippen LogP contribution in [0.3, 0.4) is 0 Å². The highest BCUT2D eigenvalue weighted by Crippen LogP contribution is 2.23. The van der Waals surface area contributed by atoms with Gasteiger partial charge in [-0.3, -0.25) is 9.36 Å². The summed E-state index contributed by atoms with van der Waals surface area (Å²) in [7, 11) is 1.72. The molecule has 27 heavy (non-hydrogen) atoms. The Morgan fingerprint density at radius 3 is 2.41 bits per heavy atom. The lowest BCUT2D eigenvalue weighted by Crippen LogP contribution is -2.27. The van der Waals surface area contributed by atoms with E-state index in [9.17, 15) is 9.35 Å². The van der Waals surface area contributed by atoms with Crippen LogP contribution in [0.15, 0.2) is 57.7 Å². The van der Waals surface area contributed by atoms with Crippen molar-refractivity contribution >= 4 is 28.0 Å². The molecule has 140 valence electrons. The third-order valence-corrected chi connectivity index (χ3v) is 5.76. The van der Waals surface area contributed by atoms with Crippen molar-refractivity contribution in [1.82, 2.24) is 9.55 Å². The van der Waals surface area contributed by atoms with E-state index >= 15 is 0 Å². The monoisotopic (exact) mass is 381 g/mol. The highest BCUT2D eigenvalue weighted by Gasteiger charge is 2.27. The van der Waals surface area contributed by atoms with Crippen LogP contribution in [0.2, 0.25) is 0 Å². The smallest absolute Gasteiger partial charge is 0.261 e. The fourth-order valence-electron chi connectivity index (χ4n) is 2.74. The largest absolute Gasteiger partial charge is 0.591 e. The zero-order valence-electron chi connectivity index (χ0n) is 16.2. The molecule has 5 nitrogen and oxygen atoms in total. The fourth-order valence-corrected chi connectivity index (χ4v) is 3.36. The maximum atomic E-state index is 12.9. The SMILES string of the molecule is C/C(=N/[S@+]([O-])C(C)(C)C)c1cccc2c(=O)n(C)c(-c3ccccc3)nc12. The Morgan fingerprint density at radius 1 is 1.11 bits per heavy atom. The van der Waals surface area contributed by atoms with Gasteiger partial charge in [0.2, 0.25) is 0 Å². The third-order valence-electron chi connectivity index (χ3n) is 4.27. The summed E-state index contributed by atoms with van der Waals surface area (Å²) in [6, 6.07) is 15.0. The molecule has 0 radical (unpaired) electrons. The summed E-state index contributed by atoms with van der Waals surface area (Å²) >= 11 is -1.39.